The molecular formula is C13H26N2O. The first-order valence-corrected chi connectivity index (χ1v) is 6.88. The SMILES string of the molecule is CCCC1CC(N2CCNC(C)C2)CCO1. The van der Waals surface area contributed by atoms with Gasteiger partial charge in [0.2, 0.25) is 0 Å². The predicted octanol–water partition coefficient (Wildman–Crippen LogP) is 1.63. The molecule has 2 saturated heterocycles. The van der Waals surface area contributed by atoms with Crippen LogP contribution in [-0.4, -0.2) is 49.3 Å². The van der Waals surface area contributed by atoms with Crippen LogP contribution >= 0.6 is 0 Å². The molecule has 2 aliphatic rings. The van der Waals surface area contributed by atoms with Crippen LogP contribution < -0.4 is 5.32 Å². The van der Waals surface area contributed by atoms with Gasteiger partial charge in [-0.1, -0.05) is 13.3 Å². The molecule has 3 unspecified atom stereocenters. The fraction of sp³-hybridized carbons (Fsp3) is 1.00. The van der Waals surface area contributed by atoms with Crippen molar-refractivity contribution in [3.8, 4) is 0 Å². The van der Waals surface area contributed by atoms with E-state index in [1.54, 1.807) is 0 Å². The van der Waals surface area contributed by atoms with Crippen LogP contribution in [0.3, 0.4) is 0 Å². The molecule has 16 heavy (non-hydrogen) atoms. The van der Waals surface area contributed by atoms with Gasteiger partial charge >= 0.3 is 0 Å². The number of piperazine rings is 1. The highest BCUT2D eigenvalue weighted by Gasteiger charge is 2.28. The summed E-state index contributed by atoms with van der Waals surface area (Å²) in [6.07, 6.45) is 5.48. The Morgan fingerprint density at radius 3 is 3.06 bits per heavy atom. The normalized spacial score (nSPS) is 37.5. The Labute approximate surface area is 99.5 Å². The van der Waals surface area contributed by atoms with E-state index in [-0.39, 0.29) is 0 Å². The zero-order chi connectivity index (χ0) is 11.4. The van der Waals surface area contributed by atoms with Gasteiger partial charge in [0.05, 0.1) is 6.10 Å². The van der Waals surface area contributed by atoms with Crippen LogP contribution in [-0.2, 0) is 4.74 Å². The maximum Gasteiger partial charge on any atom is 0.0590 e. The quantitative estimate of drug-likeness (QED) is 0.791. The molecule has 0 aromatic carbocycles. The van der Waals surface area contributed by atoms with Gasteiger partial charge in [-0.25, -0.2) is 0 Å². The molecule has 2 aliphatic heterocycles. The van der Waals surface area contributed by atoms with E-state index in [1.165, 1.54) is 38.8 Å². The largest absolute Gasteiger partial charge is 0.378 e. The Kier molecular flexibility index (Phi) is 4.62. The second-order valence-electron chi connectivity index (χ2n) is 5.31. The highest BCUT2D eigenvalue weighted by Crippen LogP contribution is 2.22. The van der Waals surface area contributed by atoms with Crippen LogP contribution in [0, 0.1) is 0 Å². The van der Waals surface area contributed by atoms with Crippen molar-refractivity contribution < 1.29 is 4.74 Å². The number of hydrogen-bond acceptors (Lipinski definition) is 3. The van der Waals surface area contributed by atoms with E-state index in [4.69, 9.17) is 4.74 Å². The third kappa shape index (κ3) is 3.19. The molecule has 3 heteroatoms. The summed E-state index contributed by atoms with van der Waals surface area (Å²) in [5.41, 5.74) is 0. The molecule has 2 rings (SSSR count). The summed E-state index contributed by atoms with van der Waals surface area (Å²) in [5, 5.41) is 3.51. The van der Waals surface area contributed by atoms with Crippen LogP contribution in [0.4, 0.5) is 0 Å². The van der Waals surface area contributed by atoms with Crippen LogP contribution in [0.2, 0.25) is 0 Å². The molecule has 0 radical (unpaired) electrons. The van der Waals surface area contributed by atoms with E-state index in [0.717, 1.165) is 19.2 Å². The molecule has 0 saturated carbocycles. The first-order valence-electron chi connectivity index (χ1n) is 6.88. The van der Waals surface area contributed by atoms with Crippen molar-refractivity contribution in [2.24, 2.45) is 0 Å². The minimum atomic E-state index is 0.522. The molecule has 1 N–H and O–H groups in total. The summed E-state index contributed by atoms with van der Waals surface area (Å²) in [7, 11) is 0. The van der Waals surface area contributed by atoms with Crippen molar-refractivity contribution in [3.05, 3.63) is 0 Å². The molecule has 3 atom stereocenters. The molecule has 3 nitrogen and oxygen atoms in total. The van der Waals surface area contributed by atoms with E-state index in [2.05, 4.69) is 24.1 Å². The van der Waals surface area contributed by atoms with Gasteiger partial charge in [0.1, 0.15) is 0 Å². The van der Waals surface area contributed by atoms with Crippen LogP contribution in [0.25, 0.3) is 0 Å². The third-order valence-electron chi connectivity index (χ3n) is 3.87. The molecule has 0 aromatic rings. The summed E-state index contributed by atoms with van der Waals surface area (Å²) < 4.78 is 5.82. The molecule has 2 fully saturated rings. The fourth-order valence-corrected chi connectivity index (χ4v) is 3.01. The molecule has 0 aromatic heterocycles. The standard InChI is InChI=1S/C13H26N2O/c1-3-4-13-9-12(5-8-16-13)15-7-6-14-11(2)10-15/h11-14H,3-10H2,1-2H3. The van der Waals surface area contributed by atoms with Crippen molar-refractivity contribution in [3.63, 3.8) is 0 Å². The minimum Gasteiger partial charge on any atom is -0.378 e. The minimum absolute atomic E-state index is 0.522. The lowest BCUT2D eigenvalue weighted by Crippen LogP contribution is -2.54. The lowest BCUT2D eigenvalue weighted by molar-refractivity contribution is -0.0353. The molecule has 0 bridgehead atoms. The summed E-state index contributed by atoms with van der Waals surface area (Å²) in [4.78, 5) is 2.67. The zero-order valence-corrected chi connectivity index (χ0v) is 10.7. The van der Waals surface area contributed by atoms with Crippen molar-refractivity contribution in [2.75, 3.05) is 26.2 Å². The van der Waals surface area contributed by atoms with E-state index in [9.17, 15) is 0 Å². The average molecular weight is 226 g/mol. The van der Waals surface area contributed by atoms with Gasteiger partial charge < -0.3 is 10.1 Å². The summed E-state index contributed by atoms with van der Waals surface area (Å²) in [6.45, 7) is 9.08. The maximum absolute atomic E-state index is 5.82. The van der Waals surface area contributed by atoms with Crippen LogP contribution in [0.5, 0.6) is 0 Å². The van der Waals surface area contributed by atoms with Gasteiger partial charge in [0, 0.05) is 38.3 Å². The van der Waals surface area contributed by atoms with Crippen molar-refractivity contribution >= 4 is 0 Å². The molecule has 0 aliphatic carbocycles. The van der Waals surface area contributed by atoms with E-state index in [0.29, 0.717) is 12.1 Å². The van der Waals surface area contributed by atoms with E-state index < -0.39 is 0 Å². The Morgan fingerprint density at radius 1 is 1.44 bits per heavy atom. The van der Waals surface area contributed by atoms with Crippen molar-refractivity contribution in [2.45, 2.75) is 57.7 Å². The lowest BCUT2D eigenvalue weighted by Gasteiger charge is -2.41. The highest BCUT2D eigenvalue weighted by atomic mass is 16.5. The van der Waals surface area contributed by atoms with Crippen LogP contribution in [0.1, 0.15) is 39.5 Å². The highest BCUT2D eigenvalue weighted by molar-refractivity contribution is 4.84. The average Bonchev–Trinajstić information content (AvgIpc) is 2.30. The van der Waals surface area contributed by atoms with Crippen molar-refractivity contribution in [1.82, 2.24) is 10.2 Å². The molecule has 0 spiro atoms. The van der Waals surface area contributed by atoms with Gasteiger partial charge in [-0.05, 0) is 26.2 Å². The number of hydrogen-bond donors (Lipinski definition) is 1. The molecular weight excluding hydrogens is 200 g/mol. The Morgan fingerprint density at radius 2 is 2.31 bits per heavy atom. The van der Waals surface area contributed by atoms with Crippen LogP contribution in [0.15, 0.2) is 0 Å². The van der Waals surface area contributed by atoms with Gasteiger partial charge in [-0.15, -0.1) is 0 Å². The first kappa shape index (κ1) is 12.3. The predicted molar refractivity (Wildman–Crippen MR) is 66.7 cm³/mol. The van der Waals surface area contributed by atoms with Gasteiger partial charge in [0.25, 0.3) is 0 Å². The van der Waals surface area contributed by atoms with E-state index in [1.807, 2.05) is 0 Å². The van der Waals surface area contributed by atoms with Gasteiger partial charge in [-0.3, -0.25) is 4.90 Å². The topological polar surface area (TPSA) is 24.5 Å². The maximum atomic E-state index is 5.82. The fourth-order valence-electron chi connectivity index (χ4n) is 3.01. The summed E-state index contributed by atoms with van der Waals surface area (Å²) >= 11 is 0. The smallest absolute Gasteiger partial charge is 0.0590 e. The zero-order valence-electron chi connectivity index (χ0n) is 10.7. The summed E-state index contributed by atoms with van der Waals surface area (Å²) in [5.74, 6) is 0. The lowest BCUT2D eigenvalue weighted by atomic mass is 9.97. The Hall–Kier alpha value is -0.120. The number of rotatable bonds is 3. The monoisotopic (exact) mass is 226 g/mol. The number of nitrogens with zero attached hydrogens (tertiary/aromatic N) is 1. The molecule has 0 amide bonds. The first-order chi connectivity index (χ1) is 7.79. The number of nitrogens with one attached hydrogen (secondary N) is 1. The molecule has 2 heterocycles. The molecule has 94 valence electrons. The third-order valence-corrected chi connectivity index (χ3v) is 3.87. The van der Waals surface area contributed by atoms with E-state index >= 15 is 0 Å². The van der Waals surface area contributed by atoms with Gasteiger partial charge in [0.15, 0.2) is 0 Å². The van der Waals surface area contributed by atoms with Crippen molar-refractivity contribution in [1.29, 1.82) is 0 Å². The summed E-state index contributed by atoms with van der Waals surface area (Å²) in [6, 6.07) is 1.43. The second kappa shape index (κ2) is 5.99. The Balaban J connectivity index is 1.83. The Bertz CT molecular complexity index is 208. The number of ether oxygens (including phenoxy) is 1. The van der Waals surface area contributed by atoms with Gasteiger partial charge in [-0.2, -0.15) is 0 Å². The second-order valence-corrected chi connectivity index (χ2v) is 5.31.